The minimum absolute atomic E-state index is 0.0480. The van der Waals surface area contributed by atoms with Crippen LogP contribution in [0, 0.1) is 0 Å². The maximum absolute atomic E-state index is 12.3. The zero-order valence-electron chi connectivity index (χ0n) is 11.1. The Morgan fingerprint density at radius 2 is 2.05 bits per heavy atom. The van der Waals surface area contributed by atoms with Crippen LogP contribution in [0.1, 0.15) is 16.8 Å². The molecule has 4 heteroatoms. The topological polar surface area (TPSA) is 42.4 Å². The maximum atomic E-state index is 12.3. The van der Waals surface area contributed by atoms with Gasteiger partial charge in [0, 0.05) is 24.7 Å². The Hall–Kier alpha value is -2.36. The molecule has 1 fully saturated rings. The molecule has 2 heterocycles. The van der Waals surface area contributed by atoms with Crippen molar-refractivity contribution in [1.29, 1.82) is 0 Å². The average Bonchev–Trinajstić information content (AvgIpc) is 2.97. The zero-order chi connectivity index (χ0) is 13.8. The van der Waals surface area contributed by atoms with Crippen LogP contribution >= 0.6 is 0 Å². The van der Waals surface area contributed by atoms with E-state index < -0.39 is 0 Å². The molecular formula is C16H16N2O2. The van der Waals surface area contributed by atoms with Crippen LogP contribution in [-0.2, 0) is 0 Å². The average molecular weight is 268 g/mol. The van der Waals surface area contributed by atoms with Gasteiger partial charge in [-0.1, -0.05) is 18.2 Å². The maximum Gasteiger partial charge on any atom is 0.253 e. The van der Waals surface area contributed by atoms with E-state index in [4.69, 9.17) is 4.74 Å². The third kappa shape index (κ3) is 2.79. The van der Waals surface area contributed by atoms with Gasteiger partial charge in [-0.05, 0) is 24.3 Å². The monoisotopic (exact) mass is 268 g/mol. The summed E-state index contributed by atoms with van der Waals surface area (Å²) in [6.07, 6.45) is 4.31. The largest absolute Gasteiger partial charge is 0.487 e. The van der Waals surface area contributed by atoms with Crippen LogP contribution in [0.4, 0.5) is 0 Å². The number of amides is 1. The van der Waals surface area contributed by atoms with Crippen molar-refractivity contribution in [3.8, 4) is 5.75 Å². The molecular weight excluding hydrogens is 252 g/mol. The second-order valence-corrected chi connectivity index (χ2v) is 4.83. The molecule has 0 spiro atoms. The van der Waals surface area contributed by atoms with E-state index in [0.717, 1.165) is 24.3 Å². The van der Waals surface area contributed by atoms with E-state index in [9.17, 15) is 4.79 Å². The van der Waals surface area contributed by atoms with Gasteiger partial charge in [-0.3, -0.25) is 9.78 Å². The van der Waals surface area contributed by atoms with Crippen LogP contribution in [-0.4, -0.2) is 35.0 Å². The van der Waals surface area contributed by atoms with Gasteiger partial charge in [0.1, 0.15) is 11.9 Å². The van der Waals surface area contributed by atoms with E-state index in [1.165, 1.54) is 0 Å². The molecule has 0 saturated carbocycles. The molecule has 2 aromatic rings. The van der Waals surface area contributed by atoms with Gasteiger partial charge >= 0.3 is 0 Å². The van der Waals surface area contributed by atoms with E-state index in [-0.39, 0.29) is 12.0 Å². The molecule has 1 aromatic heterocycles. The van der Waals surface area contributed by atoms with E-state index in [1.807, 2.05) is 47.4 Å². The number of nitrogens with zero attached hydrogens (tertiary/aromatic N) is 2. The lowest BCUT2D eigenvalue weighted by Crippen LogP contribution is -2.30. The Bertz CT molecular complexity index is 572. The summed E-state index contributed by atoms with van der Waals surface area (Å²) in [5, 5.41) is 0. The van der Waals surface area contributed by atoms with Crippen LogP contribution in [0.3, 0.4) is 0 Å². The van der Waals surface area contributed by atoms with E-state index in [0.29, 0.717) is 6.54 Å². The zero-order valence-corrected chi connectivity index (χ0v) is 11.1. The number of pyridine rings is 1. The number of hydrogen-bond acceptors (Lipinski definition) is 3. The van der Waals surface area contributed by atoms with Gasteiger partial charge in [0.2, 0.25) is 0 Å². The molecule has 4 nitrogen and oxygen atoms in total. The molecule has 1 saturated heterocycles. The van der Waals surface area contributed by atoms with Crippen molar-refractivity contribution in [2.24, 2.45) is 0 Å². The van der Waals surface area contributed by atoms with Gasteiger partial charge in [0.25, 0.3) is 5.91 Å². The number of carbonyl (C=O) groups is 1. The lowest BCUT2D eigenvalue weighted by atomic mass is 10.2. The number of likely N-dealkylation sites (tertiary alicyclic amines) is 1. The van der Waals surface area contributed by atoms with Crippen molar-refractivity contribution >= 4 is 5.91 Å². The first-order chi connectivity index (χ1) is 9.83. The first-order valence-corrected chi connectivity index (χ1v) is 6.74. The molecule has 1 atom stereocenters. The number of carbonyl (C=O) groups excluding carboxylic acids is 1. The van der Waals surface area contributed by atoms with Crippen molar-refractivity contribution in [1.82, 2.24) is 9.88 Å². The third-order valence-corrected chi connectivity index (χ3v) is 3.39. The molecule has 1 unspecified atom stereocenters. The summed E-state index contributed by atoms with van der Waals surface area (Å²) in [5.74, 6) is 0.828. The van der Waals surface area contributed by atoms with Crippen molar-refractivity contribution in [2.75, 3.05) is 13.1 Å². The molecule has 3 rings (SSSR count). The fourth-order valence-electron chi connectivity index (χ4n) is 2.38. The number of hydrogen-bond donors (Lipinski definition) is 0. The fraction of sp³-hybridized carbons (Fsp3) is 0.250. The number of benzene rings is 1. The molecule has 1 amide bonds. The van der Waals surface area contributed by atoms with Crippen LogP contribution in [0.25, 0.3) is 0 Å². The molecule has 20 heavy (non-hydrogen) atoms. The molecule has 1 aliphatic heterocycles. The summed E-state index contributed by atoms with van der Waals surface area (Å²) in [6.45, 7) is 1.36. The second-order valence-electron chi connectivity index (χ2n) is 4.83. The van der Waals surface area contributed by atoms with Gasteiger partial charge in [-0.25, -0.2) is 0 Å². The summed E-state index contributed by atoms with van der Waals surface area (Å²) in [5.41, 5.74) is 0.731. The van der Waals surface area contributed by atoms with E-state index in [2.05, 4.69) is 4.98 Å². The summed E-state index contributed by atoms with van der Waals surface area (Å²) >= 11 is 0. The van der Waals surface area contributed by atoms with Gasteiger partial charge in [-0.15, -0.1) is 0 Å². The molecule has 0 N–H and O–H groups in total. The first kappa shape index (κ1) is 12.7. The van der Waals surface area contributed by atoms with Crippen LogP contribution in [0.2, 0.25) is 0 Å². The van der Waals surface area contributed by atoms with Crippen molar-refractivity contribution in [3.63, 3.8) is 0 Å². The number of ether oxygens (including phenoxy) is 1. The highest BCUT2D eigenvalue weighted by atomic mass is 16.5. The molecule has 102 valence electrons. The van der Waals surface area contributed by atoms with E-state index >= 15 is 0 Å². The Kier molecular flexibility index (Phi) is 3.63. The summed E-state index contributed by atoms with van der Waals surface area (Å²) in [4.78, 5) is 18.2. The number of aromatic nitrogens is 1. The Balaban J connectivity index is 1.61. The lowest BCUT2D eigenvalue weighted by Gasteiger charge is -2.17. The summed E-state index contributed by atoms with van der Waals surface area (Å²) < 4.78 is 5.84. The van der Waals surface area contributed by atoms with Gasteiger partial charge < -0.3 is 9.64 Å². The Morgan fingerprint density at radius 3 is 2.80 bits per heavy atom. The van der Waals surface area contributed by atoms with Crippen LogP contribution < -0.4 is 4.74 Å². The lowest BCUT2D eigenvalue weighted by molar-refractivity contribution is 0.0772. The molecule has 0 radical (unpaired) electrons. The normalized spacial score (nSPS) is 18.0. The highest BCUT2D eigenvalue weighted by Crippen LogP contribution is 2.19. The molecule has 1 aromatic carbocycles. The van der Waals surface area contributed by atoms with Gasteiger partial charge in [0.15, 0.2) is 0 Å². The van der Waals surface area contributed by atoms with Crippen molar-refractivity contribution in [3.05, 3.63) is 60.4 Å². The van der Waals surface area contributed by atoms with Gasteiger partial charge in [0.05, 0.1) is 12.7 Å². The number of rotatable bonds is 3. The minimum atomic E-state index is 0.0480. The van der Waals surface area contributed by atoms with Crippen LogP contribution in [0.5, 0.6) is 5.75 Å². The first-order valence-electron chi connectivity index (χ1n) is 6.74. The summed E-state index contributed by atoms with van der Waals surface area (Å²) in [6, 6.07) is 13.1. The van der Waals surface area contributed by atoms with Crippen molar-refractivity contribution in [2.45, 2.75) is 12.5 Å². The molecule has 0 aliphatic carbocycles. The highest BCUT2D eigenvalue weighted by molar-refractivity contribution is 5.94. The predicted octanol–water partition coefficient (Wildman–Crippen LogP) is 2.38. The minimum Gasteiger partial charge on any atom is -0.487 e. The highest BCUT2D eigenvalue weighted by Gasteiger charge is 2.28. The molecule has 0 bridgehead atoms. The fourth-order valence-corrected chi connectivity index (χ4v) is 2.38. The van der Waals surface area contributed by atoms with Crippen molar-refractivity contribution < 1.29 is 9.53 Å². The SMILES string of the molecule is O=C(c1ccccc1)N1CCC(Oc2cccnc2)C1. The molecule has 1 aliphatic rings. The second kappa shape index (κ2) is 5.74. The standard InChI is InChI=1S/C16H16N2O2/c19-16(13-5-2-1-3-6-13)18-10-8-15(12-18)20-14-7-4-9-17-11-14/h1-7,9,11,15H,8,10,12H2. The smallest absolute Gasteiger partial charge is 0.253 e. The Morgan fingerprint density at radius 1 is 1.20 bits per heavy atom. The van der Waals surface area contributed by atoms with Crippen LogP contribution in [0.15, 0.2) is 54.9 Å². The predicted molar refractivity (Wildman–Crippen MR) is 75.6 cm³/mol. The third-order valence-electron chi connectivity index (χ3n) is 3.39. The van der Waals surface area contributed by atoms with Gasteiger partial charge in [-0.2, -0.15) is 0 Å². The quantitative estimate of drug-likeness (QED) is 0.858. The Labute approximate surface area is 118 Å². The summed E-state index contributed by atoms with van der Waals surface area (Å²) in [7, 11) is 0. The van der Waals surface area contributed by atoms with E-state index in [1.54, 1.807) is 12.4 Å².